The smallest absolute Gasteiger partial charge is 0.194 e. The zero-order valence-electron chi connectivity index (χ0n) is 18.0. The third kappa shape index (κ3) is 6.31. The number of para-hydroxylation sites is 2. The topological polar surface area (TPSA) is 43.3 Å². The van der Waals surface area contributed by atoms with Crippen LogP contribution in [0.5, 0.6) is 5.75 Å². The molecular weight excluding hydrogens is 338 g/mol. The van der Waals surface area contributed by atoms with Gasteiger partial charge in [0.25, 0.3) is 0 Å². The molecule has 1 aliphatic rings. The molecule has 0 unspecified atom stereocenters. The molecule has 2 rings (SSSR count). The summed E-state index contributed by atoms with van der Waals surface area (Å²) < 4.78 is 5.52. The van der Waals surface area contributed by atoms with E-state index >= 15 is 0 Å². The Labute approximate surface area is 165 Å². The standard InChI is InChI=1S/C21H37N5O/c1-7-22-20(23-16-21(2,3)17-24(4)5)26-14-12-25(13-15-26)18-10-8-9-11-19(18)27-6/h8-11H,7,12-17H2,1-6H3,(H,22,23). The second-order valence-electron chi connectivity index (χ2n) is 8.22. The number of piperazine rings is 1. The minimum Gasteiger partial charge on any atom is -0.495 e. The largest absolute Gasteiger partial charge is 0.495 e. The predicted molar refractivity (Wildman–Crippen MR) is 115 cm³/mol. The van der Waals surface area contributed by atoms with E-state index in [1.807, 2.05) is 12.1 Å². The van der Waals surface area contributed by atoms with Crippen LogP contribution in [0, 0.1) is 5.41 Å². The molecule has 27 heavy (non-hydrogen) atoms. The Kier molecular flexibility index (Phi) is 7.78. The summed E-state index contributed by atoms with van der Waals surface area (Å²) in [4.78, 5) is 12.0. The molecule has 0 amide bonds. The summed E-state index contributed by atoms with van der Waals surface area (Å²) in [7, 11) is 5.97. The summed E-state index contributed by atoms with van der Waals surface area (Å²) in [6.45, 7) is 13.3. The maximum Gasteiger partial charge on any atom is 0.194 e. The molecule has 0 bridgehead atoms. The summed E-state index contributed by atoms with van der Waals surface area (Å²) >= 11 is 0. The Balaban J connectivity index is 2.01. The fraction of sp³-hybridized carbons (Fsp3) is 0.667. The monoisotopic (exact) mass is 375 g/mol. The first-order valence-corrected chi connectivity index (χ1v) is 9.92. The minimum absolute atomic E-state index is 0.156. The van der Waals surface area contributed by atoms with Gasteiger partial charge in [-0.1, -0.05) is 26.0 Å². The van der Waals surface area contributed by atoms with Crippen molar-refractivity contribution in [3.63, 3.8) is 0 Å². The van der Waals surface area contributed by atoms with E-state index in [0.29, 0.717) is 0 Å². The Morgan fingerprint density at radius 2 is 1.85 bits per heavy atom. The van der Waals surface area contributed by atoms with Crippen molar-refractivity contribution in [1.82, 2.24) is 15.1 Å². The van der Waals surface area contributed by atoms with Gasteiger partial charge < -0.3 is 24.8 Å². The molecule has 0 saturated carbocycles. The summed E-state index contributed by atoms with van der Waals surface area (Å²) in [5.41, 5.74) is 1.33. The Bertz CT molecular complexity index is 606. The van der Waals surface area contributed by atoms with Crippen molar-refractivity contribution < 1.29 is 4.74 Å². The van der Waals surface area contributed by atoms with Crippen molar-refractivity contribution in [1.29, 1.82) is 0 Å². The number of hydrogen-bond donors (Lipinski definition) is 1. The number of aliphatic imine (C=N–C) groups is 1. The van der Waals surface area contributed by atoms with Crippen LogP contribution in [0.2, 0.25) is 0 Å². The lowest BCUT2D eigenvalue weighted by molar-refractivity contribution is 0.247. The van der Waals surface area contributed by atoms with Gasteiger partial charge in [0.15, 0.2) is 5.96 Å². The van der Waals surface area contributed by atoms with E-state index in [-0.39, 0.29) is 5.41 Å². The van der Waals surface area contributed by atoms with Crippen LogP contribution < -0.4 is 15.0 Å². The van der Waals surface area contributed by atoms with Crippen molar-refractivity contribution in [2.75, 3.05) is 71.9 Å². The number of nitrogens with zero attached hydrogens (tertiary/aromatic N) is 4. The fourth-order valence-electron chi connectivity index (χ4n) is 3.67. The van der Waals surface area contributed by atoms with Crippen molar-refractivity contribution in [3.8, 4) is 5.75 Å². The lowest BCUT2D eigenvalue weighted by Gasteiger charge is -2.38. The van der Waals surface area contributed by atoms with Crippen molar-refractivity contribution in [2.24, 2.45) is 10.4 Å². The van der Waals surface area contributed by atoms with Crippen LogP contribution in [0.1, 0.15) is 20.8 Å². The zero-order valence-corrected chi connectivity index (χ0v) is 18.0. The molecule has 1 fully saturated rings. The van der Waals surface area contributed by atoms with Crippen molar-refractivity contribution in [3.05, 3.63) is 24.3 Å². The minimum atomic E-state index is 0.156. The number of rotatable bonds is 7. The lowest BCUT2D eigenvalue weighted by atomic mass is 9.93. The van der Waals surface area contributed by atoms with Crippen LogP contribution in [0.25, 0.3) is 0 Å². The third-order valence-electron chi connectivity index (χ3n) is 4.74. The molecule has 6 nitrogen and oxygen atoms in total. The molecule has 0 radical (unpaired) electrons. The molecule has 6 heteroatoms. The number of ether oxygens (including phenoxy) is 1. The van der Waals surface area contributed by atoms with E-state index in [1.54, 1.807) is 7.11 Å². The number of hydrogen-bond acceptors (Lipinski definition) is 4. The average Bonchev–Trinajstić information content (AvgIpc) is 2.64. The van der Waals surface area contributed by atoms with E-state index in [2.05, 4.69) is 67.0 Å². The quantitative estimate of drug-likeness (QED) is 0.585. The van der Waals surface area contributed by atoms with Gasteiger partial charge in [-0.05, 0) is 38.6 Å². The van der Waals surface area contributed by atoms with Gasteiger partial charge in [-0.3, -0.25) is 4.99 Å². The van der Waals surface area contributed by atoms with Gasteiger partial charge in [0.05, 0.1) is 12.8 Å². The average molecular weight is 376 g/mol. The molecule has 1 aromatic carbocycles. The van der Waals surface area contributed by atoms with Gasteiger partial charge in [-0.2, -0.15) is 0 Å². The molecule has 0 aromatic heterocycles. The Hall–Kier alpha value is -1.95. The van der Waals surface area contributed by atoms with Crippen molar-refractivity contribution >= 4 is 11.6 Å². The number of nitrogens with one attached hydrogen (secondary N) is 1. The highest BCUT2D eigenvalue weighted by molar-refractivity contribution is 5.80. The summed E-state index contributed by atoms with van der Waals surface area (Å²) in [6.07, 6.45) is 0. The van der Waals surface area contributed by atoms with E-state index in [9.17, 15) is 0 Å². The lowest BCUT2D eigenvalue weighted by Crippen LogP contribution is -2.53. The van der Waals surface area contributed by atoms with E-state index in [0.717, 1.165) is 57.5 Å². The van der Waals surface area contributed by atoms with Crippen LogP contribution in [0.4, 0.5) is 5.69 Å². The summed E-state index contributed by atoms with van der Waals surface area (Å²) in [5, 5.41) is 3.47. The van der Waals surface area contributed by atoms with Gasteiger partial charge in [-0.25, -0.2) is 0 Å². The zero-order chi connectivity index (χ0) is 19.9. The second-order valence-corrected chi connectivity index (χ2v) is 8.22. The molecule has 1 N–H and O–H groups in total. The highest BCUT2D eigenvalue weighted by Crippen LogP contribution is 2.28. The molecule has 1 heterocycles. The second kappa shape index (κ2) is 9.83. The number of benzene rings is 1. The van der Waals surface area contributed by atoms with E-state index < -0.39 is 0 Å². The van der Waals surface area contributed by atoms with Gasteiger partial charge in [0.2, 0.25) is 0 Å². The normalized spacial score (nSPS) is 16.0. The van der Waals surface area contributed by atoms with Crippen LogP contribution in [-0.2, 0) is 0 Å². The van der Waals surface area contributed by atoms with Gasteiger partial charge in [0.1, 0.15) is 5.75 Å². The molecule has 0 spiro atoms. The maximum atomic E-state index is 5.52. The van der Waals surface area contributed by atoms with Gasteiger partial charge >= 0.3 is 0 Å². The summed E-state index contributed by atoms with van der Waals surface area (Å²) in [5.74, 6) is 1.97. The first-order valence-electron chi connectivity index (χ1n) is 9.92. The number of methoxy groups -OCH3 is 1. The van der Waals surface area contributed by atoms with Crippen LogP contribution in [0.3, 0.4) is 0 Å². The maximum absolute atomic E-state index is 5.52. The highest BCUT2D eigenvalue weighted by atomic mass is 16.5. The number of guanidine groups is 1. The SMILES string of the molecule is CCNC(=NCC(C)(C)CN(C)C)N1CCN(c2ccccc2OC)CC1. The summed E-state index contributed by atoms with van der Waals surface area (Å²) in [6, 6.07) is 8.25. The van der Waals surface area contributed by atoms with E-state index in [4.69, 9.17) is 9.73 Å². The molecule has 1 aliphatic heterocycles. The molecule has 152 valence electrons. The van der Waals surface area contributed by atoms with Crippen LogP contribution in [-0.4, -0.2) is 82.8 Å². The van der Waals surface area contributed by atoms with Gasteiger partial charge in [0, 0.05) is 45.8 Å². The molecule has 0 aliphatic carbocycles. The van der Waals surface area contributed by atoms with Crippen LogP contribution >= 0.6 is 0 Å². The Morgan fingerprint density at radius 3 is 2.44 bits per heavy atom. The van der Waals surface area contributed by atoms with Crippen molar-refractivity contribution in [2.45, 2.75) is 20.8 Å². The molecule has 1 aromatic rings. The third-order valence-corrected chi connectivity index (χ3v) is 4.74. The fourth-order valence-corrected chi connectivity index (χ4v) is 3.67. The molecular formula is C21H37N5O. The highest BCUT2D eigenvalue weighted by Gasteiger charge is 2.23. The first kappa shape index (κ1) is 21.4. The predicted octanol–water partition coefficient (Wildman–Crippen LogP) is 2.37. The number of anilines is 1. The van der Waals surface area contributed by atoms with Crippen LogP contribution in [0.15, 0.2) is 29.3 Å². The first-order chi connectivity index (χ1) is 12.9. The van der Waals surface area contributed by atoms with E-state index in [1.165, 1.54) is 5.69 Å². The van der Waals surface area contributed by atoms with Gasteiger partial charge in [-0.15, -0.1) is 0 Å². The molecule has 0 atom stereocenters. The Morgan fingerprint density at radius 1 is 1.19 bits per heavy atom. The molecule has 1 saturated heterocycles.